The molecule has 0 aliphatic heterocycles. The van der Waals surface area contributed by atoms with Crippen molar-refractivity contribution in [1.82, 2.24) is 4.90 Å². The summed E-state index contributed by atoms with van der Waals surface area (Å²) in [6.07, 6.45) is 2.84. The van der Waals surface area contributed by atoms with E-state index in [0.29, 0.717) is 0 Å². The predicted molar refractivity (Wildman–Crippen MR) is 39.0 cm³/mol. The Labute approximate surface area is 52.5 Å². The molecule has 0 saturated heterocycles. The zero-order valence-electron chi connectivity index (χ0n) is 6.02. The largest absolute Gasteiger partial charge is 0.307 e. The molecular formula is C6H14BN. The molecule has 46 valence electrons. The molecule has 0 radical (unpaired) electrons. The highest BCUT2D eigenvalue weighted by atomic mass is 15.1. The lowest BCUT2D eigenvalue weighted by molar-refractivity contribution is 0.195. The minimum Gasteiger partial charge on any atom is -0.307 e. The van der Waals surface area contributed by atoms with Crippen molar-refractivity contribution in [3.8, 4) is 0 Å². The third kappa shape index (κ3) is 0.897. The van der Waals surface area contributed by atoms with Gasteiger partial charge in [-0.3, -0.25) is 0 Å². The molecule has 1 rings (SSSR count). The van der Waals surface area contributed by atoms with Gasteiger partial charge in [-0.25, -0.2) is 0 Å². The smallest absolute Gasteiger partial charge is 0.107 e. The maximum atomic E-state index is 2.33. The van der Waals surface area contributed by atoms with Gasteiger partial charge in [0, 0.05) is 6.04 Å². The van der Waals surface area contributed by atoms with Crippen LogP contribution in [-0.4, -0.2) is 32.9 Å². The van der Waals surface area contributed by atoms with E-state index in [4.69, 9.17) is 0 Å². The maximum absolute atomic E-state index is 2.33. The SMILES string of the molecule is B[C@@H]1CC[C@@H]1N(C)C. The first-order chi connectivity index (χ1) is 3.72. The van der Waals surface area contributed by atoms with Crippen molar-refractivity contribution in [1.29, 1.82) is 0 Å². The molecule has 1 nitrogen and oxygen atoms in total. The highest BCUT2D eigenvalue weighted by Gasteiger charge is 2.27. The molecule has 2 atom stereocenters. The molecule has 0 bridgehead atoms. The zero-order chi connectivity index (χ0) is 6.15. The van der Waals surface area contributed by atoms with E-state index < -0.39 is 0 Å². The monoisotopic (exact) mass is 111 g/mol. The van der Waals surface area contributed by atoms with Crippen molar-refractivity contribution in [3.63, 3.8) is 0 Å². The van der Waals surface area contributed by atoms with E-state index in [-0.39, 0.29) is 0 Å². The summed E-state index contributed by atoms with van der Waals surface area (Å²) < 4.78 is 0. The highest BCUT2D eigenvalue weighted by molar-refractivity contribution is 6.12. The number of hydrogen-bond acceptors (Lipinski definition) is 1. The Morgan fingerprint density at radius 3 is 2.00 bits per heavy atom. The normalized spacial score (nSPS) is 37.4. The molecule has 8 heavy (non-hydrogen) atoms. The molecule has 0 aromatic carbocycles. The van der Waals surface area contributed by atoms with E-state index >= 15 is 0 Å². The average molecular weight is 111 g/mol. The summed E-state index contributed by atoms with van der Waals surface area (Å²) in [7, 11) is 6.66. The third-order valence-corrected chi connectivity index (χ3v) is 2.24. The number of rotatable bonds is 1. The molecule has 0 aromatic heterocycles. The third-order valence-electron chi connectivity index (χ3n) is 2.24. The first-order valence-electron chi connectivity index (χ1n) is 3.38. The zero-order valence-corrected chi connectivity index (χ0v) is 6.02. The molecule has 0 N–H and O–H groups in total. The van der Waals surface area contributed by atoms with Gasteiger partial charge in [0.25, 0.3) is 0 Å². The second-order valence-corrected chi connectivity index (χ2v) is 3.09. The molecule has 1 fully saturated rings. The van der Waals surface area contributed by atoms with Gasteiger partial charge in [-0.15, -0.1) is 0 Å². The quantitative estimate of drug-likeness (QED) is 0.435. The fourth-order valence-corrected chi connectivity index (χ4v) is 1.42. The molecule has 2 heteroatoms. The molecule has 0 amide bonds. The Bertz CT molecular complexity index is 77.8. The molecule has 1 aliphatic carbocycles. The van der Waals surface area contributed by atoms with Gasteiger partial charge < -0.3 is 4.90 Å². The van der Waals surface area contributed by atoms with E-state index in [9.17, 15) is 0 Å². The Morgan fingerprint density at radius 2 is 2.00 bits per heavy atom. The van der Waals surface area contributed by atoms with Crippen molar-refractivity contribution in [3.05, 3.63) is 0 Å². The number of nitrogens with zero attached hydrogens (tertiary/aromatic N) is 1. The average Bonchev–Trinajstić information content (AvgIpc) is 1.61. The van der Waals surface area contributed by atoms with Crippen molar-refractivity contribution >= 4 is 7.85 Å². The van der Waals surface area contributed by atoms with Crippen molar-refractivity contribution in [2.24, 2.45) is 0 Å². The summed E-state index contributed by atoms with van der Waals surface area (Å²) in [5.74, 6) is 0.949. The molecular weight excluding hydrogens is 96.9 g/mol. The minimum atomic E-state index is 0.884. The summed E-state index contributed by atoms with van der Waals surface area (Å²) in [5, 5.41) is 0. The van der Waals surface area contributed by atoms with Crippen LogP contribution in [0.25, 0.3) is 0 Å². The van der Waals surface area contributed by atoms with E-state index in [1.54, 1.807) is 0 Å². The highest BCUT2D eigenvalue weighted by Crippen LogP contribution is 2.32. The Morgan fingerprint density at radius 1 is 1.38 bits per heavy atom. The van der Waals surface area contributed by atoms with Crippen LogP contribution in [0.1, 0.15) is 12.8 Å². The first-order valence-corrected chi connectivity index (χ1v) is 3.38. The van der Waals surface area contributed by atoms with Gasteiger partial charge in [0.15, 0.2) is 0 Å². The van der Waals surface area contributed by atoms with Gasteiger partial charge in [-0.1, -0.05) is 12.2 Å². The van der Waals surface area contributed by atoms with Crippen LogP contribution < -0.4 is 0 Å². The van der Waals surface area contributed by atoms with Gasteiger partial charge in [-0.2, -0.15) is 0 Å². The molecule has 1 saturated carbocycles. The topological polar surface area (TPSA) is 3.24 Å². The summed E-state index contributed by atoms with van der Waals surface area (Å²) in [5.41, 5.74) is 0. The fourth-order valence-electron chi connectivity index (χ4n) is 1.42. The first kappa shape index (κ1) is 6.15. The molecule has 0 spiro atoms. The summed E-state index contributed by atoms with van der Waals surface area (Å²) in [6.45, 7) is 0. The maximum Gasteiger partial charge on any atom is 0.107 e. The van der Waals surface area contributed by atoms with Crippen LogP contribution in [-0.2, 0) is 0 Å². The molecule has 0 unspecified atom stereocenters. The van der Waals surface area contributed by atoms with Crippen molar-refractivity contribution in [2.75, 3.05) is 14.1 Å². The van der Waals surface area contributed by atoms with Crippen molar-refractivity contribution < 1.29 is 0 Å². The van der Waals surface area contributed by atoms with Crippen LogP contribution in [0.2, 0.25) is 5.82 Å². The van der Waals surface area contributed by atoms with Gasteiger partial charge >= 0.3 is 0 Å². The summed E-state index contributed by atoms with van der Waals surface area (Å²) >= 11 is 0. The molecule has 0 aromatic rings. The van der Waals surface area contributed by atoms with Crippen LogP contribution in [0.3, 0.4) is 0 Å². The Hall–Kier alpha value is 0.0249. The van der Waals surface area contributed by atoms with Gasteiger partial charge in [0.1, 0.15) is 7.85 Å². The lowest BCUT2D eigenvalue weighted by Crippen LogP contribution is -2.39. The predicted octanol–water partition coefficient (Wildman–Crippen LogP) is 0.132. The van der Waals surface area contributed by atoms with E-state index in [2.05, 4.69) is 26.8 Å². The number of hydrogen-bond donors (Lipinski definition) is 0. The van der Waals surface area contributed by atoms with Crippen LogP contribution in [0.15, 0.2) is 0 Å². The fraction of sp³-hybridized carbons (Fsp3) is 1.00. The van der Waals surface area contributed by atoms with Crippen LogP contribution in [0.4, 0.5) is 0 Å². The molecule has 0 heterocycles. The second kappa shape index (κ2) is 2.10. The summed E-state index contributed by atoms with van der Waals surface area (Å²) in [6, 6.07) is 0.884. The molecule has 1 aliphatic rings. The van der Waals surface area contributed by atoms with Gasteiger partial charge in [-0.05, 0) is 20.5 Å². The van der Waals surface area contributed by atoms with Crippen LogP contribution in [0, 0.1) is 0 Å². The van der Waals surface area contributed by atoms with E-state index in [1.807, 2.05) is 0 Å². The standard InChI is InChI=1S/C6H14BN/c1-8(2)6-4-3-5(6)7/h5-6H,3-4,7H2,1-2H3/t5-,6+/m1/s1. The van der Waals surface area contributed by atoms with E-state index in [1.165, 1.54) is 12.8 Å². The van der Waals surface area contributed by atoms with Crippen molar-refractivity contribution in [2.45, 2.75) is 24.7 Å². The van der Waals surface area contributed by atoms with Crippen LogP contribution in [0.5, 0.6) is 0 Å². The lowest BCUT2D eigenvalue weighted by Gasteiger charge is -2.39. The van der Waals surface area contributed by atoms with Gasteiger partial charge in [0.2, 0.25) is 0 Å². The minimum absolute atomic E-state index is 0.884. The lowest BCUT2D eigenvalue weighted by atomic mass is 9.66. The van der Waals surface area contributed by atoms with Crippen LogP contribution >= 0.6 is 0 Å². The summed E-state index contributed by atoms with van der Waals surface area (Å²) in [4.78, 5) is 2.33. The second-order valence-electron chi connectivity index (χ2n) is 3.09. The van der Waals surface area contributed by atoms with Gasteiger partial charge in [0.05, 0.1) is 0 Å². The Kier molecular flexibility index (Phi) is 1.61. The Balaban J connectivity index is 2.26. The van der Waals surface area contributed by atoms with E-state index in [0.717, 1.165) is 11.9 Å².